The van der Waals surface area contributed by atoms with Crippen LogP contribution in [-0.2, 0) is 0 Å². The first-order valence-corrected chi connectivity index (χ1v) is 9.63. The highest BCUT2D eigenvalue weighted by molar-refractivity contribution is 8.23. The van der Waals surface area contributed by atoms with Gasteiger partial charge in [-0.25, -0.2) is 4.79 Å². The molecule has 0 atom stereocenters. The van der Waals surface area contributed by atoms with Crippen molar-refractivity contribution in [3.63, 3.8) is 0 Å². The lowest BCUT2D eigenvalue weighted by Gasteiger charge is -2.22. The largest absolute Gasteiger partial charge is 0.371 e. The number of urea groups is 1. The van der Waals surface area contributed by atoms with E-state index in [4.69, 9.17) is 12.2 Å². The van der Waals surface area contributed by atoms with Gasteiger partial charge in [-0.3, -0.25) is 4.98 Å². The summed E-state index contributed by atoms with van der Waals surface area (Å²) in [7, 11) is 0. The lowest BCUT2D eigenvalue weighted by atomic mass is 10.2. The molecule has 2 amide bonds. The van der Waals surface area contributed by atoms with E-state index in [9.17, 15) is 4.79 Å². The van der Waals surface area contributed by atoms with Gasteiger partial charge in [0.05, 0.1) is 0 Å². The normalized spacial score (nSPS) is 14.2. The van der Waals surface area contributed by atoms with Gasteiger partial charge in [-0.1, -0.05) is 24.0 Å². The number of thioether (sulfide) groups is 1. The Morgan fingerprint density at radius 2 is 1.84 bits per heavy atom. The summed E-state index contributed by atoms with van der Waals surface area (Å²) in [6.45, 7) is 3.68. The SMILES string of the molecule is Cl.O=C(NCCCCNC(=S)SC1CCNCC1)Nc1ccncc1. The van der Waals surface area contributed by atoms with Crippen LogP contribution in [0.5, 0.6) is 0 Å². The van der Waals surface area contributed by atoms with Gasteiger partial charge in [0, 0.05) is 36.4 Å². The van der Waals surface area contributed by atoms with Crippen LogP contribution in [0.4, 0.5) is 10.5 Å². The second-order valence-electron chi connectivity index (χ2n) is 5.61. The molecular weight excluding hydrogens is 378 g/mol. The second kappa shape index (κ2) is 13.2. The van der Waals surface area contributed by atoms with Crippen LogP contribution in [-0.4, -0.2) is 46.8 Å². The predicted molar refractivity (Wildman–Crippen MR) is 112 cm³/mol. The number of thiocarbonyl (C=S) groups is 1. The number of hydrogen-bond donors (Lipinski definition) is 4. The minimum Gasteiger partial charge on any atom is -0.371 e. The lowest BCUT2D eigenvalue weighted by molar-refractivity contribution is 0.252. The molecule has 0 radical (unpaired) electrons. The number of carbonyl (C=O) groups is 1. The van der Waals surface area contributed by atoms with Crippen LogP contribution in [0.15, 0.2) is 24.5 Å². The molecule has 9 heteroatoms. The molecule has 25 heavy (non-hydrogen) atoms. The van der Waals surface area contributed by atoms with Crippen LogP contribution < -0.4 is 21.3 Å². The topological polar surface area (TPSA) is 78.1 Å². The Morgan fingerprint density at radius 1 is 1.20 bits per heavy atom. The zero-order valence-corrected chi connectivity index (χ0v) is 16.6. The zero-order valence-electron chi connectivity index (χ0n) is 14.1. The van der Waals surface area contributed by atoms with Gasteiger partial charge in [0.2, 0.25) is 0 Å². The molecule has 0 saturated carbocycles. The number of amides is 2. The first kappa shape index (κ1) is 22.0. The van der Waals surface area contributed by atoms with Gasteiger partial charge in [0.1, 0.15) is 4.32 Å². The Labute approximate surface area is 165 Å². The van der Waals surface area contributed by atoms with E-state index in [0.29, 0.717) is 11.8 Å². The molecule has 6 nitrogen and oxygen atoms in total. The van der Waals surface area contributed by atoms with Crippen LogP contribution in [0.3, 0.4) is 0 Å². The number of rotatable bonds is 7. The van der Waals surface area contributed by atoms with Gasteiger partial charge in [0.15, 0.2) is 0 Å². The third-order valence-electron chi connectivity index (χ3n) is 3.66. The molecule has 1 aromatic rings. The molecule has 1 aromatic heterocycles. The van der Waals surface area contributed by atoms with Gasteiger partial charge in [-0.05, 0) is 50.9 Å². The maximum atomic E-state index is 11.7. The minimum atomic E-state index is -0.189. The summed E-state index contributed by atoms with van der Waals surface area (Å²) in [5.41, 5.74) is 0.740. The number of piperidine rings is 1. The molecule has 1 fully saturated rings. The molecule has 1 saturated heterocycles. The number of halogens is 1. The number of pyridine rings is 1. The van der Waals surface area contributed by atoms with E-state index < -0.39 is 0 Å². The molecular formula is C16H26ClN5OS2. The van der Waals surface area contributed by atoms with Gasteiger partial charge in [-0.15, -0.1) is 12.4 Å². The number of nitrogens with one attached hydrogen (secondary N) is 4. The zero-order chi connectivity index (χ0) is 17.0. The Morgan fingerprint density at radius 3 is 2.52 bits per heavy atom. The van der Waals surface area contributed by atoms with Crippen LogP contribution in [0.1, 0.15) is 25.7 Å². The van der Waals surface area contributed by atoms with Crippen molar-refractivity contribution >= 4 is 52.4 Å². The van der Waals surface area contributed by atoms with Crippen LogP contribution in [0.2, 0.25) is 0 Å². The summed E-state index contributed by atoms with van der Waals surface area (Å²) in [5.74, 6) is 0. The van der Waals surface area contributed by atoms with Crippen LogP contribution >= 0.6 is 36.4 Å². The number of unbranched alkanes of at least 4 members (excludes halogenated alkanes) is 1. The molecule has 4 N–H and O–H groups in total. The summed E-state index contributed by atoms with van der Waals surface area (Å²) in [6.07, 6.45) is 7.55. The van der Waals surface area contributed by atoms with Crippen molar-refractivity contribution in [2.45, 2.75) is 30.9 Å². The van der Waals surface area contributed by atoms with Crippen molar-refractivity contribution in [1.29, 1.82) is 0 Å². The molecule has 1 aliphatic heterocycles. The Kier molecular flexibility index (Phi) is 11.6. The van der Waals surface area contributed by atoms with Crippen molar-refractivity contribution in [3.8, 4) is 0 Å². The average molecular weight is 404 g/mol. The summed E-state index contributed by atoms with van der Waals surface area (Å²) in [4.78, 5) is 15.6. The monoisotopic (exact) mass is 403 g/mol. The van der Waals surface area contributed by atoms with Crippen molar-refractivity contribution in [2.24, 2.45) is 0 Å². The second-order valence-corrected chi connectivity index (χ2v) is 7.58. The smallest absolute Gasteiger partial charge is 0.319 e. The average Bonchev–Trinajstić information content (AvgIpc) is 2.60. The summed E-state index contributed by atoms with van der Waals surface area (Å²) < 4.78 is 0.894. The Hall–Kier alpha value is -1.09. The fourth-order valence-electron chi connectivity index (χ4n) is 2.36. The fourth-order valence-corrected chi connectivity index (χ4v) is 3.83. The van der Waals surface area contributed by atoms with E-state index in [-0.39, 0.29) is 18.4 Å². The highest BCUT2D eigenvalue weighted by Crippen LogP contribution is 2.20. The first-order valence-electron chi connectivity index (χ1n) is 8.34. The van der Waals surface area contributed by atoms with Gasteiger partial charge in [-0.2, -0.15) is 0 Å². The van der Waals surface area contributed by atoms with Gasteiger partial charge < -0.3 is 21.3 Å². The maximum absolute atomic E-state index is 11.7. The molecule has 0 spiro atoms. The summed E-state index contributed by atoms with van der Waals surface area (Å²) >= 11 is 7.16. The number of anilines is 1. The van der Waals surface area contributed by atoms with Gasteiger partial charge in [0.25, 0.3) is 0 Å². The molecule has 0 aliphatic carbocycles. The quantitative estimate of drug-likeness (QED) is 0.414. The fraction of sp³-hybridized carbons (Fsp3) is 0.562. The van der Waals surface area contributed by atoms with E-state index in [0.717, 1.165) is 42.5 Å². The van der Waals surface area contributed by atoms with E-state index in [2.05, 4.69) is 26.3 Å². The predicted octanol–water partition coefficient (Wildman–Crippen LogP) is 2.76. The van der Waals surface area contributed by atoms with Crippen molar-refractivity contribution in [1.82, 2.24) is 20.9 Å². The molecule has 140 valence electrons. The molecule has 1 aliphatic rings. The van der Waals surface area contributed by atoms with E-state index in [1.54, 1.807) is 36.3 Å². The maximum Gasteiger partial charge on any atom is 0.319 e. The number of nitrogens with zero attached hydrogens (tertiary/aromatic N) is 1. The lowest BCUT2D eigenvalue weighted by Crippen LogP contribution is -2.32. The highest BCUT2D eigenvalue weighted by Gasteiger charge is 2.15. The molecule has 0 unspecified atom stereocenters. The standard InChI is InChI=1S/C16H25N5OS2.ClH/c22-15(21-13-3-9-17-10-4-13)19-7-1-2-8-20-16(23)24-14-5-11-18-12-6-14;/h3-4,9-10,14,18H,1-2,5-8,11-12H2,(H,20,23)(H2,17,19,21,22);1H. The molecule has 2 heterocycles. The van der Waals surface area contributed by atoms with E-state index in [1.165, 1.54) is 12.8 Å². The van der Waals surface area contributed by atoms with Crippen LogP contribution in [0.25, 0.3) is 0 Å². The van der Waals surface area contributed by atoms with Gasteiger partial charge >= 0.3 is 6.03 Å². The summed E-state index contributed by atoms with van der Waals surface area (Å²) in [5, 5.41) is 12.9. The van der Waals surface area contributed by atoms with E-state index in [1.807, 2.05) is 0 Å². The Bertz CT molecular complexity index is 515. The third-order valence-corrected chi connectivity index (χ3v) is 5.25. The van der Waals surface area contributed by atoms with Crippen molar-refractivity contribution in [2.75, 3.05) is 31.5 Å². The van der Waals surface area contributed by atoms with Crippen molar-refractivity contribution in [3.05, 3.63) is 24.5 Å². The molecule has 0 aromatic carbocycles. The highest BCUT2D eigenvalue weighted by atomic mass is 35.5. The van der Waals surface area contributed by atoms with Crippen LogP contribution in [0, 0.1) is 0 Å². The van der Waals surface area contributed by atoms with Crippen molar-refractivity contribution < 1.29 is 4.79 Å². The third kappa shape index (κ3) is 9.84. The first-order chi connectivity index (χ1) is 11.7. The number of aromatic nitrogens is 1. The minimum absolute atomic E-state index is 0. The molecule has 2 rings (SSSR count). The molecule has 0 bridgehead atoms. The Balaban J connectivity index is 0.00000312. The number of carbonyl (C=O) groups excluding carboxylic acids is 1. The summed E-state index contributed by atoms with van der Waals surface area (Å²) in [6, 6.07) is 3.32. The van der Waals surface area contributed by atoms with E-state index >= 15 is 0 Å². The number of hydrogen-bond acceptors (Lipinski definition) is 5.